The number of rotatable bonds is 7. The number of halogens is 1. The second-order valence-corrected chi connectivity index (χ2v) is 8.39. The molecular weight excluding hydrogens is 444 g/mol. The molecule has 0 bridgehead atoms. The van der Waals surface area contributed by atoms with Gasteiger partial charge < -0.3 is 13.9 Å². The highest BCUT2D eigenvalue weighted by atomic mass is 35.5. The van der Waals surface area contributed by atoms with Crippen molar-refractivity contribution in [3.05, 3.63) is 74.2 Å². The molecule has 0 spiro atoms. The van der Waals surface area contributed by atoms with Crippen molar-refractivity contribution in [2.24, 2.45) is 0 Å². The lowest BCUT2D eigenvalue weighted by Crippen LogP contribution is -2.11. The van der Waals surface area contributed by atoms with Gasteiger partial charge >= 0.3 is 5.63 Å². The van der Waals surface area contributed by atoms with Crippen molar-refractivity contribution in [2.45, 2.75) is 13.3 Å². The predicted molar refractivity (Wildman–Crippen MR) is 122 cm³/mol. The summed E-state index contributed by atoms with van der Waals surface area (Å²) in [6.45, 7) is 1.89. The zero-order chi connectivity index (χ0) is 21.1. The fourth-order valence-electron chi connectivity index (χ4n) is 2.97. The van der Waals surface area contributed by atoms with E-state index in [1.165, 1.54) is 23.5 Å². The fourth-order valence-corrected chi connectivity index (χ4v) is 3.99. The first kappa shape index (κ1) is 20.7. The van der Waals surface area contributed by atoms with E-state index < -0.39 is 5.63 Å². The summed E-state index contributed by atoms with van der Waals surface area (Å²) in [5.74, 6) is 1.09. The van der Waals surface area contributed by atoms with Crippen LogP contribution in [0.3, 0.4) is 0 Å². The summed E-state index contributed by atoms with van der Waals surface area (Å²) >= 11 is 9.08. The molecule has 154 valence electrons. The maximum absolute atomic E-state index is 12.7. The minimum Gasteiger partial charge on any atom is -0.429 e. The standard InChI is InChI=1S/C20H17ClN4O3S2/c1-11-13-9-15(21)17(28-20-24-5-6-29-20)10-16(13)27-19(26)14(11)7-12-3-4-23-18(8-12)25-30-22-2/h3-6,8-10,22H,7H2,1-2H3,(H,23,25). The van der Waals surface area contributed by atoms with Crippen LogP contribution in [0.5, 0.6) is 10.9 Å². The van der Waals surface area contributed by atoms with Gasteiger partial charge in [0.1, 0.15) is 11.4 Å². The van der Waals surface area contributed by atoms with Crippen LogP contribution in [-0.4, -0.2) is 17.0 Å². The summed E-state index contributed by atoms with van der Waals surface area (Å²) in [5, 5.41) is 3.45. The summed E-state index contributed by atoms with van der Waals surface area (Å²) in [6.07, 6.45) is 3.76. The Morgan fingerprint density at radius 3 is 2.90 bits per heavy atom. The Morgan fingerprint density at radius 2 is 2.13 bits per heavy atom. The third-order valence-electron chi connectivity index (χ3n) is 4.41. The van der Waals surface area contributed by atoms with Crippen LogP contribution >= 0.6 is 35.1 Å². The van der Waals surface area contributed by atoms with Gasteiger partial charge in [-0.25, -0.2) is 19.5 Å². The van der Waals surface area contributed by atoms with E-state index in [1.54, 1.807) is 29.9 Å². The van der Waals surface area contributed by atoms with E-state index in [0.29, 0.717) is 39.4 Å². The SMILES string of the molecule is CNSNc1cc(Cc2c(C)c3cc(Cl)c(Oc4nccs4)cc3oc2=O)ccn1. The molecule has 0 radical (unpaired) electrons. The number of hydrogen-bond acceptors (Lipinski definition) is 9. The molecule has 0 amide bonds. The predicted octanol–water partition coefficient (Wildman–Crippen LogP) is 5.18. The van der Waals surface area contributed by atoms with E-state index in [4.69, 9.17) is 20.8 Å². The molecule has 0 saturated heterocycles. The first-order chi connectivity index (χ1) is 14.5. The molecule has 7 nitrogen and oxygen atoms in total. The average molecular weight is 461 g/mol. The van der Waals surface area contributed by atoms with Gasteiger partial charge in [0.2, 0.25) is 0 Å². The Labute approximate surface area is 185 Å². The van der Waals surface area contributed by atoms with E-state index in [9.17, 15) is 4.79 Å². The van der Waals surface area contributed by atoms with Crippen molar-refractivity contribution in [1.29, 1.82) is 0 Å². The third kappa shape index (κ3) is 4.44. The Balaban J connectivity index is 1.69. The number of hydrogen-bond donors (Lipinski definition) is 2. The van der Waals surface area contributed by atoms with Gasteiger partial charge in [0.25, 0.3) is 5.19 Å². The van der Waals surface area contributed by atoms with Crippen LogP contribution in [0.15, 0.2) is 51.3 Å². The Kier molecular flexibility index (Phi) is 6.24. The second kappa shape index (κ2) is 9.05. The lowest BCUT2D eigenvalue weighted by Gasteiger charge is -2.11. The number of fused-ring (bicyclic) bond motifs is 1. The van der Waals surface area contributed by atoms with E-state index in [-0.39, 0.29) is 0 Å². The van der Waals surface area contributed by atoms with Crippen molar-refractivity contribution in [3.63, 3.8) is 0 Å². The summed E-state index contributed by atoms with van der Waals surface area (Å²) in [7, 11) is 1.81. The molecule has 10 heteroatoms. The zero-order valence-electron chi connectivity index (χ0n) is 16.1. The van der Waals surface area contributed by atoms with E-state index >= 15 is 0 Å². The van der Waals surface area contributed by atoms with Crippen LogP contribution in [0.2, 0.25) is 5.02 Å². The van der Waals surface area contributed by atoms with Crippen molar-refractivity contribution in [1.82, 2.24) is 14.7 Å². The van der Waals surface area contributed by atoms with Gasteiger partial charge in [-0.3, -0.25) is 0 Å². The number of pyridine rings is 1. The molecule has 3 aromatic heterocycles. The highest BCUT2D eigenvalue weighted by Gasteiger charge is 2.16. The Bertz CT molecular complexity index is 1250. The Hall–Kier alpha value is -2.59. The molecule has 2 N–H and O–H groups in total. The summed E-state index contributed by atoms with van der Waals surface area (Å²) in [6, 6.07) is 7.15. The summed E-state index contributed by atoms with van der Waals surface area (Å²) < 4.78 is 17.3. The molecule has 3 heterocycles. The van der Waals surface area contributed by atoms with E-state index in [1.807, 2.05) is 26.1 Å². The summed E-state index contributed by atoms with van der Waals surface area (Å²) in [4.78, 5) is 21.1. The van der Waals surface area contributed by atoms with Gasteiger partial charge in [-0.05, 0) is 43.3 Å². The van der Waals surface area contributed by atoms with Crippen LogP contribution in [-0.2, 0) is 6.42 Å². The van der Waals surface area contributed by atoms with Crippen molar-refractivity contribution in [2.75, 3.05) is 11.8 Å². The zero-order valence-corrected chi connectivity index (χ0v) is 18.5. The topological polar surface area (TPSA) is 89.3 Å². The van der Waals surface area contributed by atoms with Gasteiger partial charge in [0, 0.05) is 53.3 Å². The molecule has 30 heavy (non-hydrogen) atoms. The lowest BCUT2D eigenvalue weighted by molar-refractivity contribution is 0.476. The molecule has 4 aromatic rings. The number of aromatic nitrogens is 2. The Morgan fingerprint density at radius 1 is 1.27 bits per heavy atom. The van der Waals surface area contributed by atoms with Gasteiger partial charge in [0.05, 0.1) is 5.02 Å². The average Bonchev–Trinajstić information content (AvgIpc) is 3.24. The largest absolute Gasteiger partial charge is 0.429 e. The number of thiazole rings is 1. The second-order valence-electron chi connectivity index (χ2n) is 6.31. The quantitative estimate of drug-likeness (QED) is 0.288. The van der Waals surface area contributed by atoms with E-state index in [0.717, 1.165) is 16.5 Å². The highest BCUT2D eigenvalue weighted by Crippen LogP contribution is 2.35. The number of aryl methyl sites for hydroxylation is 1. The third-order valence-corrected chi connectivity index (χ3v) is 5.87. The fraction of sp³-hybridized carbons (Fsp3) is 0.150. The number of nitrogens with one attached hydrogen (secondary N) is 2. The molecule has 4 rings (SSSR count). The highest BCUT2D eigenvalue weighted by molar-refractivity contribution is 7.98. The molecule has 0 aliphatic rings. The lowest BCUT2D eigenvalue weighted by atomic mass is 10.00. The number of anilines is 1. The maximum Gasteiger partial charge on any atom is 0.340 e. The van der Waals surface area contributed by atoms with Crippen LogP contribution in [0.1, 0.15) is 16.7 Å². The smallest absolute Gasteiger partial charge is 0.340 e. The molecule has 0 atom stereocenters. The van der Waals surface area contributed by atoms with Crippen LogP contribution in [0, 0.1) is 6.92 Å². The molecule has 1 aromatic carbocycles. The van der Waals surface area contributed by atoms with Gasteiger partial charge in [-0.2, -0.15) is 0 Å². The van der Waals surface area contributed by atoms with Gasteiger partial charge in [-0.15, -0.1) is 0 Å². The first-order valence-electron chi connectivity index (χ1n) is 8.92. The normalized spacial score (nSPS) is 11.0. The number of benzene rings is 1. The number of ether oxygens (including phenoxy) is 1. The van der Waals surface area contributed by atoms with Crippen molar-refractivity contribution < 1.29 is 9.15 Å². The first-order valence-corrected chi connectivity index (χ1v) is 11.0. The van der Waals surface area contributed by atoms with Crippen LogP contribution in [0.4, 0.5) is 5.82 Å². The van der Waals surface area contributed by atoms with Crippen LogP contribution < -0.4 is 19.8 Å². The van der Waals surface area contributed by atoms with Crippen molar-refractivity contribution >= 4 is 51.9 Å². The van der Waals surface area contributed by atoms with Crippen LogP contribution in [0.25, 0.3) is 11.0 Å². The maximum atomic E-state index is 12.7. The van der Waals surface area contributed by atoms with Gasteiger partial charge in [-0.1, -0.05) is 22.9 Å². The van der Waals surface area contributed by atoms with Gasteiger partial charge in [0.15, 0.2) is 5.75 Å². The molecule has 0 unspecified atom stereocenters. The minimum atomic E-state index is -0.390. The molecular formula is C20H17ClN4O3S2. The molecule has 0 aliphatic carbocycles. The molecule has 0 saturated carbocycles. The summed E-state index contributed by atoms with van der Waals surface area (Å²) in [5.41, 5.74) is 2.36. The molecule has 0 fully saturated rings. The number of nitrogens with zero attached hydrogens (tertiary/aromatic N) is 2. The monoisotopic (exact) mass is 460 g/mol. The van der Waals surface area contributed by atoms with Crippen molar-refractivity contribution in [3.8, 4) is 10.9 Å². The molecule has 0 aliphatic heterocycles. The minimum absolute atomic E-state index is 0.390. The van der Waals surface area contributed by atoms with E-state index in [2.05, 4.69) is 19.4 Å².